The van der Waals surface area contributed by atoms with Crippen LogP contribution in [0.5, 0.6) is 0 Å². The molecule has 19 heavy (non-hydrogen) atoms. The van der Waals surface area contributed by atoms with Crippen LogP contribution in [0, 0.1) is 5.82 Å². The van der Waals surface area contributed by atoms with E-state index in [9.17, 15) is 9.18 Å². The van der Waals surface area contributed by atoms with Gasteiger partial charge in [-0.1, -0.05) is 24.3 Å². The van der Waals surface area contributed by atoms with Crippen molar-refractivity contribution in [1.82, 2.24) is 15.0 Å². The van der Waals surface area contributed by atoms with Gasteiger partial charge in [-0.25, -0.2) is 9.07 Å². The lowest BCUT2D eigenvalue weighted by Gasteiger charge is -2.04. The topological polar surface area (TPSA) is 47.8 Å². The predicted octanol–water partition coefficient (Wildman–Crippen LogP) is 2.80. The van der Waals surface area contributed by atoms with Crippen molar-refractivity contribution >= 4 is 17.5 Å². The fourth-order valence-electron chi connectivity index (χ4n) is 1.63. The van der Waals surface area contributed by atoms with E-state index in [1.54, 1.807) is 22.9 Å². The van der Waals surface area contributed by atoms with Gasteiger partial charge in [0.25, 0.3) is 0 Å². The Hall–Kier alpha value is -1.69. The van der Waals surface area contributed by atoms with Gasteiger partial charge < -0.3 is 0 Å². The minimum Gasteiger partial charge on any atom is -0.291 e. The van der Waals surface area contributed by atoms with E-state index in [0.29, 0.717) is 17.1 Å². The first-order valence-electron chi connectivity index (χ1n) is 6.01. The molecule has 1 heterocycles. The van der Waals surface area contributed by atoms with Gasteiger partial charge in [0.1, 0.15) is 11.5 Å². The summed E-state index contributed by atoms with van der Waals surface area (Å²) in [6.45, 7) is 2.66. The first kappa shape index (κ1) is 13.7. The molecule has 6 heteroatoms. The molecule has 0 unspecified atom stereocenters. The first-order valence-corrected chi connectivity index (χ1v) is 7.00. The molecule has 0 aliphatic carbocycles. The summed E-state index contributed by atoms with van der Waals surface area (Å²) in [4.78, 5) is 12.5. The van der Waals surface area contributed by atoms with E-state index >= 15 is 0 Å². The van der Waals surface area contributed by atoms with Gasteiger partial charge in [0.15, 0.2) is 5.78 Å². The zero-order chi connectivity index (χ0) is 13.7. The van der Waals surface area contributed by atoms with E-state index in [-0.39, 0.29) is 17.4 Å². The summed E-state index contributed by atoms with van der Waals surface area (Å²) in [5, 5.41) is 7.61. The molecule has 0 aliphatic rings. The molecule has 2 rings (SSSR count). The second-order valence-corrected chi connectivity index (χ2v) is 5.00. The standard InChI is InChI=1S/C13H14FN3OS/c1-2-7-17-11(8-15-16-17)12(18)9-19-13-6-4-3-5-10(13)14/h3-6,8H,2,7,9H2,1H3. The Morgan fingerprint density at radius 1 is 1.42 bits per heavy atom. The highest BCUT2D eigenvalue weighted by atomic mass is 32.2. The third-order valence-corrected chi connectivity index (χ3v) is 3.58. The number of thioether (sulfide) groups is 1. The average molecular weight is 279 g/mol. The number of hydrogen-bond donors (Lipinski definition) is 0. The molecular formula is C13H14FN3OS. The summed E-state index contributed by atoms with van der Waals surface area (Å²) in [5.41, 5.74) is 0.477. The monoisotopic (exact) mass is 279 g/mol. The molecule has 0 saturated carbocycles. The lowest BCUT2D eigenvalue weighted by Crippen LogP contribution is -2.12. The van der Waals surface area contributed by atoms with Crippen LogP contribution in [0.4, 0.5) is 4.39 Å². The number of benzene rings is 1. The van der Waals surface area contributed by atoms with Crippen molar-refractivity contribution < 1.29 is 9.18 Å². The number of carbonyl (C=O) groups is 1. The van der Waals surface area contributed by atoms with Crippen LogP contribution < -0.4 is 0 Å². The highest BCUT2D eigenvalue weighted by Crippen LogP contribution is 2.22. The predicted molar refractivity (Wildman–Crippen MR) is 71.8 cm³/mol. The van der Waals surface area contributed by atoms with E-state index in [1.807, 2.05) is 6.92 Å². The smallest absolute Gasteiger partial charge is 0.192 e. The van der Waals surface area contributed by atoms with Crippen LogP contribution in [-0.2, 0) is 6.54 Å². The van der Waals surface area contributed by atoms with E-state index in [4.69, 9.17) is 0 Å². The summed E-state index contributed by atoms with van der Waals surface area (Å²) in [5.74, 6) is -0.218. The third kappa shape index (κ3) is 3.41. The molecule has 0 spiro atoms. The van der Waals surface area contributed by atoms with Crippen molar-refractivity contribution in [3.63, 3.8) is 0 Å². The van der Waals surface area contributed by atoms with E-state index in [1.165, 1.54) is 24.0 Å². The van der Waals surface area contributed by atoms with Crippen LogP contribution in [0.15, 0.2) is 35.4 Å². The summed E-state index contributed by atoms with van der Waals surface area (Å²) in [6, 6.07) is 6.42. The van der Waals surface area contributed by atoms with Gasteiger partial charge in [-0.3, -0.25) is 4.79 Å². The van der Waals surface area contributed by atoms with E-state index < -0.39 is 0 Å². The maximum Gasteiger partial charge on any atom is 0.192 e. The van der Waals surface area contributed by atoms with Crippen LogP contribution in [0.25, 0.3) is 0 Å². The summed E-state index contributed by atoms with van der Waals surface area (Å²) < 4.78 is 15.0. The van der Waals surface area contributed by atoms with Gasteiger partial charge in [0, 0.05) is 11.4 Å². The number of Topliss-reactive ketones (excluding diaryl/α,β-unsaturated/α-hetero) is 1. The average Bonchev–Trinajstić information content (AvgIpc) is 2.86. The highest BCUT2D eigenvalue weighted by Gasteiger charge is 2.14. The fourth-order valence-corrected chi connectivity index (χ4v) is 2.44. The minimum absolute atomic E-state index is 0.0910. The summed E-state index contributed by atoms with van der Waals surface area (Å²) in [7, 11) is 0. The zero-order valence-corrected chi connectivity index (χ0v) is 11.4. The van der Waals surface area contributed by atoms with E-state index in [2.05, 4.69) is 10.3 Å². The van der Waals surface area contributed by atoms with Crippen LogP contribution in [0.3, 0.4) is 0 Å². The normalized spacial score (nSPS) is 10.6. The van der Waals surface area contributed by atoms with Crippen LogP contribution >= 0.6 is 11.8 Å². The molecule has 2 aromatic rings. The Morgan fingerprint density at radius 2 is 2.21 bits per heavy atom. The number of ketones is 1. The molecule has 100 valence electrons. The quantitative estimate of drug-likeness (QED) is 0.602. The largest absolute Gasteiger partial charge is 0.291 e. The number of carbonyl (C=O) groups excluding carboxylic acids is 1. The lowest BCUT2D eigenvalue weighted by molar-refractivity contribution is 0.101. The Morgan fingerprint density at radius 3 is 2.95 bits per heavy atom. The molecule has 0 bridgehead atoms. The van der Waals surface area contributed by atoms with Crippen molar-refractivity contribution in [3.8, 4) is 0 Å². The molecule has 4 nitrogen and oxygen atoms in total. The molecule has 0 amide bonds. The Labute approximate surface area is 115 Å². The van der Waals surface area contributed by atoms with Gasteiger partial charge in [-0.15, -0.1) is 16.9 Å². The van der Waals surface area contributed by atoms with Crippen LogP contribution in [-0.4, -0.2) is 26.5 Å². The lowest BCUT2D eigenvalue weighted by atomic mass is 10.3. The molecule has 0 N–H and O–H groups in total. The minimum atomic E-state index is -0.305. The Kier molecular flexibility index (Phi) is 4.68. The summed E-state index contributed by atoms with van der Waals surface area (Å²) >= 11 is 1.19. The maximum absolute atomic E-state index is 13.4. The Bertz CT molecular complexity index is 571. The number of nitrogens with zero attached hydrogens (tertiary/aromatic N) is 3. The SMILES string of the molecule is CCCn1nncc1C(=O)CSc1ccccc1F. The van der Waals surface area contributed by atoms with Gasteiger partial charge in [-0.2, -0.15) is 0 Å². The number of halogens is 1. The van der Waals surface area contributed by atoms with Crippen molar-refractivity contribution in [2.45, 2.75) is 24.8 Å². The number of rotatable bonds is 6. The van der Waals surface area contributed by atoms with Crippen molar-refractivity contribution in [2.75, 3.05) is 5.75 Å². The zero-order valence-electron chi connectivity index (χ0n) is 10.5. The van der Waals surface area contributed by atoms with Crippen LogP contribution in [0.2, 0.25) is 0 Å². The molecule has 0 fully saturated rings. The molecule has 0 radical (unpaired) electrons. The van der Waals surface area contributed by atoms with Gasteiger partial charge in [0.2, 0.25) is 0 Å². The third-order valence-electron chi connectivity index (χ3n) is 2.53. The number of aryl methyl sites for hydroxylation is 1. The first-order chi connectivity index (χ1) is 9.22. The second-order valence-electron chi connectivity index (χ2n) is 3.98. The number of aromatic nitrogens is 3. The van der Waals surface area contributed by atoms with Gasteiger partial charge >= 0.3 is 0 Å². The molecule has 0 aliphatic heterocycles. The van der Waals surface area contributed by atoms with Gasteiger partial charge in [-0.05, 0) is 18.6 Å². The Balaban J connectivity index is 2.02. The highest BCUT2D eigenvalue weighted by molar-refractivity contribution is 8.00. The molecule has 1 aromatic carbocycles. The fraction of sp³-hybridized carbons (Fsp3) is 0.308. The van der Waals surface area contributed by atoms with Gasteiger partial charge in [0.05, 0.1) is 11.9 Å². The second kappa shape index (κ2) is 6.47. The molecule has 0 saturated heterocycles. The van der Waals surface area contributed by atoms with Crippen molar-refractivity contribution in [1.29, 1.82) is 0 Å². The molecule has 0 atom stereocenters. The maximum atomic E-state index is 13.4. The van der Waals surface area contributed by atoms with E-state index in [0.717, 1.165) is 6.42 Å². The molecular weight excluding hydrogens is 265 g/mol. The molecule has 1 aromatic heterocycles. The van der Waals surface area contributed by atoms with Crippen molar-refractivity contribution in [2.24, 2.45) is 0 Å². The number of hydrogen-bond acceptors (Lipinski definition) is 4. The van der Waals surface area contributed by atoms with Crippen LogP contribution in [0.1, 0.15) is 23.8 Å². The van der Waals surface area contributed by atoms with Crippen molar-refractivity contribution in [3.05, 3.63) is 42.0 Å². The summed E-state index contributed by atoms with van der Waals surface area (Å²) in [6.07, 6.45) is 2.34.